The van der Waals surface area contributed by atoms with Crippen molar-refractivity contribution in [2.24, 2.45) is 0 Å². The molecule has 1 aliphatic heterocycles. The third kappa shape index (κ3) is 3.61. The molecule has 2 rings (SSSR count). The fourth-order valence-corrected chi connectivity index (χ4v) is 3.03. The van der Waals surface area contributed by atoms with Crippen LogP contribution in [0.4, 0.5) is 0 Å². The minimum atomic E-state index is -0.0263. The highest BCUT2D eigenvalue weighted by molar-refractivity contribution is 9.10. The van der Waals surface area contributed by atoms with Crippen LogP contribution in [0.5, 0.6) is 0 Å². The molecule has 1 aliphatic rings. The Bertz CT molecular complexity index is 458. The number of amides is 1. The standard InChI is InChI=1S/C16H23BrN2O/c1-11(2)18-15-5-4-10-19(16(15)20)12(3)13-6-8-14(17)9-7-13/h6-9,11-12,15,18H,4-5,10H2,1-3H3. The summed E-state index contributed by atoms with van der Waals surface area (Å²) in [5, 5.41) is 3.38. The predicted molar refractivity (Wildman–Crippen MR) is 85.6 cm³/mol. The first-order valence-electron chi connectivity index (χ1n) is 7.31. The largest absolute Gasteiger partial charge is 0.335 e. The van der Waals surface area contributed by atoms with Crippen molar-refractivity contribution >= 4 is 21.8 Å². The molecular formula is C16H23BrN2O. The van der Waals surface area contributed by atoms with E-state index >= 15 is 0 Å². The Balaban J connectivity index is 2.10. The van der Waals surface area contributed by atoms with Gasteiger partial charge < -0.3 is 10.2 Å². The first kappa shape index (κ1) is 15.5. The number of halogens is 1. The van der Waals surface area contributed by atoms with E-state index in [2.05, 4.69) is 54.2 Å². The van der Waals surface area contributed by atoms with Gasteiger partial charge >= 0.3 is 0 Å². The second-order valence-corrected chi connectivity index (χ2v) is 6.69. The second-order valence-electron chi connectivity index (χ2n) is 5.78. The number of nitrogens with one attached hydrogen (secondary N) is 1. The Kier molecular flexibility index (Phi) is 5.22. The van der Waals surface area contributed by atoms with Gasteiger partial charge in [-0.25, -0.2) is 0 Å². The molecule has 1 aromatic carbocycles. The highest BCUT2D eigenvalue weighted by Crippen LogP contribution is 2.26. The van der Waals surface area contributed by atoms with E-state index in [-0.39, 0.29) is 18.0 Å². The Morgan fingerprint density at radius 1 is 1.25 bits per heavy atom. The number of hydrogen-bond donors (Lipinski definition) is 1. The van der Waals surface area contributed by atoms with Crippen molar-refractivity contribution in [1.29, 1.82) is 0 Å². The minimum Gasteiger partial charge on any atom is -0.335 e. The molecule has 0 spiro atoms. The number of nitrogens with zero attached hydrogens (tertiary/aromatic N) is 1. The number of hydrogen-bond acceptors (Lipinski definition) is 2. The molecule has 110 valence electrons. The zero-order valence-electron chi connectivity index (χ0n) is 12.4. The van der Waals surface area contributed by atoms with E-state index in [9.17, 15) is 4.79 Å². The maximum atomic E-state index is 12.6. The molecule has 2 atom stereocenters. The SMILES string of the molecule is CC(C)NC1CCCN(C(C)c2ccc(Br)cc2)C1=O. The lowest BCUT2D eigenvalue weighted by Gasteiger charge is -2.37. The molecule has 1 N–H and O–H groups in total. The number of rotatable bonds is 4. The van der Waals surface area contributed by atoms with Crippen LogP contribution < -0.4 is 5.32 Å². The quantitative estimate of drug-likeness (QED) is 0.911. The number of piperidine rings is 1. The molecule has 2 unspecified atom stereocenters. The van der Waals surface area contributed by atoms with Crippen LogP contribution in [0.25, 0.3) is 0 Å². The molecule has 1 aromatic rings. The summed E-state index contributed by atoms with van der Waals surface area (Å²) >= 11 is 3.45. The van der Waals surface area contributed by atoms with Gasteiger partial charge in [0, 0.05) is 17.1 Å². The van der Waals surface area contributed by atoms with Crippen molar-refractivity contribution in [3.05, 3.63) is 34.3 Å². The number of carbonyl (C=O) groups excluding carboxylic acids is 1. The van der Waals surface area contributed by atoms with Crippen molar-refractivity contribution in [3.63, 3.8) is 0 Å². The summed E-state index contributed by atoms with van der Waals surface area (Å²) in [6, 6.07) is 8.68. The predicted octanol–water partition coefficient (Wildman–Crippen LogP) is 3.50. The lowest BCUT2D eigenvalue weighted by Crippen LogP contribution is -2.52. The molecular weight excluding hydrogens is 316 g/mol. The number of likely N-dealkylation sites (tertiary alicyclic amines) is 1. The van der Waals surface area contributed by atoms with Crippen LogP contribution in [0.3, 0.4) is 0 Å². The number of carbonyl (C=O) groups is 1. The number of benzene rings is 1. The molecule has 0 bridgehead atoms. The maximum Gasteiger partial charge on any atom is 0.240 e. The smallest absolute Gasteiger partial charge is 0.240 e. The van der Waals surface area contributed by atoms with E-state index in [4.69, 9.17) is 0 Å². The Hall–Kier alpha value is -0.870. The minimum absolute atomic E-state index is 0.0263. The molecule has 0 radical (unpaired) electrons. The van der Waals surface area contributed by atoms with Crippen LogP contribution in [-0.2, 0) is 4.79 Å². The summed E-state index contributed by atoms with van der Waals surface area (Å²) < 4.78 is 1.07. The van der Waals surface area contributed by atoms with Crippen LogP contribution in [0.1, 0.15) is 45.2 Å². The maximum absolute atomic E-state index is 12.6. The van der Waals surface area contributed by atoms with E-state index in [1.165, 1.54) is 5.56 Å². The molecule has 1 saturated heterocycles. The first-order valence-corrected chi connectivity index (χ1v) is 8.10. The highest BCUT2D eigenvalue weighted by Gasteiger charge is 2.32. The molecule has 0 saturated carbocycles. The van der Waals surface area contributed by atoms with Crippen molar-refractivity contribution in [1.82, 2.24) is 10.2 Å². The average molecular weight is 339 g/mol. The Morgan fingerprint density at radius 3 is 2.50 bits per heavy atom. The van der Waals surface area contributed by atoms with Crippen LogP contribution in [-0.4, -0.2) is 29.4 Å². The molecule has 1 heterocycles. The van der Waals surface area contributed by atoms with Gasteiger partial charge in [0.25, 0.3) is 0 Å². The summed E-state index contributed by atoms with van der Waals surface area (Å²) in [6.07, 6.45) is 2.01. The van der Waals surface area contributed by atoms with Gasteiger partial charge in [-0.1, -0.05) is 41.9 Å². The molecule has 0 aromatic heterocycles. The van der Waals surface area contributed by atoms with E-state index in [0.29, 0.717) is 6.04 Å². The molecule has 20 heavy (non-hydrogen) atoms. The lowest BCUT2D eigenvalue weighted by molar-refractivity contribution is -0.138. The van der Waals surface area contributed by atoms with E-state index in [1.54, 1.807) is 0 Å². The normalized spacial score (nSPS) is 21.4. The molecule has 1 fully saturated rings. The van der Waals surface area contributed by atoms with Gasteiger partial charge in [-0.3, -0.25) is 4.79 Å². The summed E-state index contributed by atoms with van der Waals surface area (Å²) in [6.45, 7) is 7.14. The van der Waals surface area contributed by atoms with Crippen LogP contribution >= 0.6 is 15.9 Å². The summed E-state index contributed by atoms with van der Waals surface area (Å²) in [5.74, 6) is 0.236. The fourth-order valence-electron chi connectivity index (χ4n) is 2.76. The van der Waals surface area contributed by atoms with Crippen molar-refractivity contribution < 1.29 is 4.79 Å². The Labute approximate surface area is 129 Å². The van der Waals surface area contributed by atoms with Gasteiger partial charge in [0.2, 0.25) is 5.91 Å². The van der Waals surface area contributed by atoms with Crippen molar-refractivity contribution in [3.8, 4) is 0 Å². The fraction of sp³-hybridized carbons (Fsp3) is 0.562. The van der Waals surface area contributed by atoms with Gasteiger partial charge in [-0.15, -0.1) is 0 Å². The van der Waals surface area contributed by atoms with Gasteiger partial charge in [0.1, 0.15) is 0 Å². The average Bonchev–Trinajstić information content (AvgIpc) is 2.41. The van der Waals surface area contributed by atoms with Gasteiger partial charge in [-0.05, 0) is 37.5 Å². The molecule has 0 aliphatic carbocycles. The Morgan fingerprint density at radius 2 is 1.90 bits per heavy atom. The third-order valence-electron chi connectivity index (χ3n) is 3.83. The van der Waals surface area contributed by atoms with E-state index in [1.807, 2.05) is 17.0 Å². The zero-order valence-corrected chi connectivity index (χ0v) is 14.0. The third-order valence-corrected chi connectivity index (χ3v) is 4.36. The summed E-state index contributed by atoms with van der Waals surface area (Å²) in [4.78, 5) is 14.6. The van der Waals surface area contributed by atoms with Crippen molar-refractivity contribution in [2.45, 2.75) is 51.7 Å². The van der Waals surface area contributed by atoms with Crippen molar-refractivity contribution in [2.75, 3.05) is 6.54 Å². The summed E-state index contributed by atoms with van der Waals surface area (Å²) in [5.41, 5.74) is 1.19. The van der Waals surface area contributed by atoms with Crippen LogP contribution in [0.15, 0.2) is 28.7 Å². The first-order chi connectivity index (χ1) is 9.49. The molecule has 4 heteroatoms. The summed E-state index contributed by atoms with van der Waals surface area (Å²) in [7, 11) is 0. The lowest BCUT2D eigenvalue weighted by atomic mass is 9.99. The van der Waals surface area contributed by atoms with E-state index in [0.717, 1.165) is 23.9 Å². The topological polar surface area (TPSA) is 32.3 Å². The van der Waals surface area contributed by atoms with Gasteiger partial charge in [0.05, 0.1) is 12.1 Å². The van der Waals surface area contributed by atoms with Crippen LogP contribution in [0.2, 0.25) is 0 Å². The monoisotopic (exact) mass is 338 g/mol. The van der Waals surface area contributed by atoms with Crippen LogP contribution in [0, 0.1) is 0 Å². The highest BCUT2D eigenvalue weighted by atomic mass is 79.9. The van der Waals surface area contributed by atoms with E-state index < -0.39 is 0 Å². The molecule has 1 amide bonds. The molecule has 3 nitrogen and oxygen atoms in total. The second kappa shape index (κ2) is 6.72. The zero-order chi connectivity index (χ0) is 14.7. The van der Waals surface area contributed by atoms with Gasteiger partial charge in [-0.2, -0.15) is 0 Å². The van der Waals surface area contributed by atoms with Gasteiger partial charge in [0.15, 0.2) is 0 Å².